The maximum Gasteiger partial charge on any atom is 0.338 e. The minimum Gasteiger partial charge on any atom is -0.456 e. The van der Waals surface area contributed by atoms with Crippen LogP contribution in [0.15, 0.2) is 90.1 Å². The van der Waals surface area contributed by atoms with Crippen molar-refractivity contribution in [1.29, 1.82) is 0 Å². The molecule has 2 aromatic heterocycles. The molecule has 0 saturated heterocycles. The molecule has 0 bridgehead atoms. The normalized spacial score (nSPS) is 12.0. The first-order valence-corrected chi connectivity index (χ1v) is 14.5. The van der Waals surface area contributed by atoms with Crippen LogP contribution in [0.1, 0.15) is 42.7 Å². The van der Waals surface area contributed by atoms with E-state index in [-0.39, 0.29) is 33.5 Å². The molecular weight excluding hydrogens is 622 g/mol. The fraction of sp³-hybridized carbons (Fsp3) is 0.188. The number of hydrogen-bond acceptors (Lipinski definition) is 7. The second-order valence-electron chi connectivity index (χ2n) is 11.0. The van der Waals surface area contributed by atoms with Gasteiger partial charge < -0.3 is 10.1 Å². The molecule has 0 aliphatic rings. The van der Waals surface area contributed by atoms with Crippen molar-refractivity contribution in [2.24, 2.45) is 0 Å². The Hall–Kier alpha value is -4.87. The smallest absolute Gasteiger partial charge is 0.338 e. The molecule has 0 fully saturated rings. The van der Waals surface area contributed by atoms with Crippen molar-refractivity contribution < 1.29 is 18.7 Å². The zero-order valence-corrected chi connectivity index (χ0v) is 25.9. The van der Waals surface area contributed by atoms with E-state index < -0.39 is 34.9 Å². The molecule has 3 aromatic carbocycles. The first kappa shape index (κ1) is 31.6. The minimum atomic E-state index is -1.04. The van der Waals surface area contributed by atoms with Crippen LogP contribution in [0.25, 0.3) is 16.9 Å². The van der Waals surface area contributed by atoms with Gasteiger partial charge in [-0.3, -0.25) is 14.2 Å². The average molecular weight is 650 g/mol. The van der Waals surface area contributed by atoms with Gasteiger partial charge in [-0.1, -0.05) is 58.7 Å². The number of halogens is 3. The van der Waals surface area contributed by atoms with E-state index in [1.807, 2.05) is 30.3 Å². The monoisotopic (exact) mass is 648 g/mol. The first-order chi connectivity index (χ1) is 21.4. The lowest BCUT2D eigenvalue weighted by molar-refractivity contribution is -0.119. The zero-order chi connectivity index (χ0) is 32.3. The molecule has 5 rings (SSSR count). The topological polar surface area (TPSA) is 121 Å². The Morgan fingerprint density at radius 3 is 2.36 bits per heavy atom. The predicted octanol–water partition coefficient (Wildman–Crippen LogP) is 6.31. The first-order valence-electron chi connectivity index (χ1n) is 13.7. The molecular formula is C32H27Cl2FN6O4. The van der Waals surface area contributed by atoms with E-state index in [1.165, 1.54) is 46.0 Å². The van der Waals surface area contributed by atoms with Crippen LogP contribution in [0.5, 0.6) is 0 Å². The van der Waals surface area contributed by atoms with Gasteiger partial charge in [-0.15, -0.1) is 5.10 Å². The van der Waals surface area contributed by atoms with Crippen molar-refractivity contribution >= 4 is 40.8 Å². The van der Waals surface area contributed by atoms with Crippen LogP contribution in [0.3, 0.4) is 0 Å². The summed E-state index contributed by atoms with van der Waals surface area (Å²) < 4.78 is 23.2. The highest BCUT2D eigenvalue weighted by Gasteiger charge is 2.25. The number of nitrogens with zero attached hydrogens (tertiary/aromatic N) is 5. The van der Waals surface area contributed by atoms with Crippen LogP contribution in [0.2, 0.25) is 10.2 Å². The molecule has 45 heavy (non-hydrogen) atoms. The fourth-order valence-corrected chi connectivity index (χ4v) is 4.81. The van der Waals surface area contributed by atoms with Crippen LogP contribution >= 0.6 is 23.2 Å². The minimum absolute atomic E-state index is 0.0329. The van der Waals surface area contributed by atoms with Crippen molar-refractivity contribution in [3.05, 3.63) is 123 Å². The summed E-state index contributed by atoms with van der Waals surface area (Å²) in [6.07, 6.45) is 2.71. The van der Waals surface area contributed by atoms with E-state index in [9.17, 15) is 14.4 Å². The Morgan fingerprint density at radius 1 is 1.02 bits per heavy atom. The molecule has 13 heteroatoms. The standard InChI is InChI=1S/C32H27Cl2FN6O4/c1-32(2,3)45-31(44)20-9-11-21(12-10-20)37-30(43)25(15-19-7-5-4-6-8-19)40-18-36-23(16-27(40)42)28-24(14-13-22(33)29(28)35)41-17-26(34)38-39-41/h4-14,16-18,25H,15H2,1-3H3,(H,37,43)/t25-/m0/s1. The van der Waals surface area contributed by atoms with Gasteiger partial charge in [0.25, 0.3) is 5.56 Å². The second-order valence-corrected chi connectivity index (χ2v) is 11.8. The van der Waals surface area contributed by atoms with Crippen LogP contribution in [0.4, 0.5) is 10.1 Å². The van der Waals surface area contributed by atoms with E-state index in [0.29, 0.717) is 11.3 Å². The average Bonchev–Trinajstić information content (AvgIpc) is 3.43. The zero-order valence-electron chi connectivity index (χ0n) is 24.4. The Bertz CT molecular complexity index is 1920. The summed E-state index contributed by atoms with van der Waals surface area (Å²) in [5.74, 6) is -1.82. The number of ether oxygens (including phenoxy) is 1. The van der Waals surface area contributed by atoms with Gasteiger partial charge in [-0.2, -0.15) is 0 Å². The number of aromatic nitrogens is 5. The van der Waals surface area contributed by atoms with Crippen LogP contribution < -0.4 is 10.9 Å². The maximum absolute atomic E-state index is 15.4. The van der Waals surface area contributed by atoms with E-state index in [4.69, 9.17) is 27.9 Å². The molecule has 230 valence electrons. The predicted molar refractivity (Wildman–Crippen MR) is 168 cm³/mol. The quantitative estimate of drug-likeness (QED) is 0.196. The molecule has 0 unspecified atom stereocenters. The second kappa shape index (κ2) is 13.0. The van der Waals surface area contributed by atoms with E-state index in [0.717, 1.165) is 11.6 Å². The van der Waals surface area contributed by atoms with E-state index in [2.05, 4.69) is 20.6 Å². The number of rotatable bonds is 8. The third-order valence-corrected chi connectivity index (χ3v) is 7.04. The lowest BCUT2D eigenvalue weighted by atomic mass is 10.0. The summed E-state index contributed by atoms with van der Waals surface area (Å²) in [6, 6.07) is 18.3. The van der Waals surface area contributed by atoms with Gasteiger partial charge in [0.15, 0.2) is 11.0 Å². The molecule has 0 radical (unpaired) electrons. The highest BCUT2D eigenvalue weighted by Crippen LogP contribution is 2.32. The number of amides is 1. The third kappa shape index (κ3) is 7.44. The number of anilines is 1. The van der Waals surface area contributed by atoms with E-state index >= 15 is 4.39 Å². The molecule has 0 spiro atoms. The van der Waals surface area contributed by atoms with Crippen LogP contribution in [-0.2, 0) is 16.0 Å². The summed E-state index contributed by atoms with van der Waals surface area (Å²) >= 11 is 12.0. The van der Waals surface area contributed by atoms with Gasteiger partial charge >= 0.3 is 5.97 Å². The Kier molecular flexibility index (Phi) is 9.12. The molecule has 1 atom stereocenters. The van der Waals surface area contributed by atoms with Crippen LogP contribution in [-0.4, -0.2) is 42.0 Å². The lowest BCUT2D eigenvalue weighted by Crippen LogP contribution is -2.34. The summed E-state index contributed by atoms with van der Waals surface area (Å²) in [6.45, 7) is 5.31. The Morgan fingerprint density at radius 2 is 1.73 bits per heavy atom. The van der Waals surface area contributed by atoms with Gasteiger partial charge in [0.1, 0.15) is 11.6 Å². The molecule has 5 aromatic rings. The Balaban J connectivity index is 1.48. The molecule has 0 saturated carbocycles. The largest absolute Gasteiger partial charge is 0.456 e. The fourth-order valence-electron chi connectivity index (χ4n) is 4.52. The van der Waals surface area contributed by atoms with Gasteiger partial charge in [0.2, 0.25) is 5.91 Å². The number of nitrogens with one attached hydrogen (secondary N) is 1. The van der Waals surface area contributed by atoms with Crippen molar-refractivity contribution in [2.75, 3.05) is 5.32 Å². The highest BCUT2D eigenvalue weighted by molar-refractivity contribution is 6.31. The number of carbonyl (C=O) groups is 2. The van der Waals surface area contributed by atoms with Gasteiger partial charge in [0, 0.05) is 18.2 Å². The van der Waals surface area contributed by atoms with E-state index in [1.54, 1.807) is 32.9 Å². The number of benzene rings is 3. The summed E-state index contributed by atoms with van der Waals surface area (Å²) in [4.78, 5) is 44.0. The number of carbonyl (C=O) groups excluding carboxylic acids is 2. The maximum atomic E-state index is 15.4. The lowest BCUT2D eigenvalue weighted by Gasteiger charge is -2.21. The van der Waals surface area contributed by atoms with Crippen molar-refractivity contribution in [3.8, 4) is 16.9 Å². The highest BCUT2D eigenvalue weighted by atomic mass is 35.5. The molecule has 1 N–H and O–H groups in total. The molecule has 1 amide bonds. The van der Waals surface area contributed by atoms with Crippen molar-refractivity contribution in [2.45, 2.75) is 38.8 Å². The molecule has 2 heterocycles. The molecule has 10 nitrogen and oxygen atoms in total. The third-order valence-electron chi connectivity index (χ3n) is 6.57. The summed E-state index contributed by atoms with van der Waals surface area (Å²) in [5, 5.41) is 10.3. The van der Waals surface area contributed by atoms with Gasteiger partial charge in [0.05, 0.1) is 40.1 Å². The summed E-state index contributed by atoms with van der Waals surface area (Å²) in [7, 11) is 0. The molecule has 0 aliphatic carbocycles. The SMILES string of the molecule is CC(C)(C)OC(=O)c1ccc(NC(=O)[C@H](Cc2ccccc2)n2cnc(-c3c(-n4cc(Cl)nn4)ccc(Cl)c3F)cc2=O)cc1. The number of hydrogen-bond donors (Lipinski definition) is 1. The van der Waals surface area contributed by atoms with Gasteiger partial charge in [-0.25, -0.2) is 18.9 Å². The van der Waals surface area contributed by atoms with Crippen molar-refractivity contribution in [1.82, 2.24) is 24.5 Å². The molecule has 0 aliphatic heterocycles. The van der Waals surface area contributed by atoms with Gasteiger partial charge in [-0.05, 0) is 62.7 Å². The summed E-state index contributed by atoms with van der Waals surface area (Å²) in [5.41, 5.74) is 0.320. The number of esters is 1. The Labute approximate surface area is 267 Å². The van der Waals surface area contributed by atoms with Crippen LogP contribution in [0, 0.1) is 5.82 Å². The van der Waals surface area contributed by atoms with Crippen molar-refractivity contribution in [3.63, 3.8) is 0 Å².